The van der Waals surface area contributed by atoms with Crippen molar-refractivity contribution in [2.24, 2.45) is 0 Å². The van der Waals surface area contributed by atoms with Gasteiger partial charge in [0.15, 0.2) is 11.5 Å². The van der Waals surface area contributed by atoms with Crippen molar-refractivity contribution in [1.29, 1.82) is 0 Å². The van der Waals surface area contributed by atoms with Crippen LogP contribution in [0.25, 0.3) is 0 Å². The minimum Gasteiger partial charge on any atom is -0.504 e. The number of benzene rings is 1. The van der Waals surface area contributed by atoms with Crippen molar-refractivity contribution in [1.82, 2.24) is 5.32 Å². The number of amides is 1. The number of carbonyl (C=O) groups excluding carboxylic acids is 1. The number of phenolic OH excluding ortho intramolecular Hbond substituents is 2. The summed E-state index contributed by atoms with van der Waals surface area (Å²) in [6.07, 6.45) is 1.90. The first-order valence-electron chi connectivity index (χ1n) is 5.01. The molecular formula is C11H14BrNO3. The van der Waals surface area contributed by atoms with Gasteiger partial charge in [-0.15, -0.1) is 0 Å². The topological polar surface area (TPSA) is 69.6 Å². The Morgan fingerprint density at radius 1 is 1.25 bits per heavy atom. The van der Waals surface area contributed by atoms with Crippen molar-refractivity contribution in [2.75, 3.05) is 11.9 Å². The van der Waals surface area contributed by atoms with Crippen LogP contribution in [0.5, 0.6) is 11.5 Å². The van der Waals surface area contributed by atoms with Gasteiger partial charge in [-0.3, -0.25) is 4.79 Å². The number of phenols is 2. The Kier molecular flexibility index (Phi) is 5.11. The van der Waals surface area contributed by atoms with Gasteiger partial charge in [-0.2, -0.15) is 0 Å². The highest BCUT2D eigenvalue weighted by Gasteiger charge is 2.07. The fraction of sp³-hybridized carbons (Fsp3) is 0.364. The molecule has 0 unspecified atom stereocenters. The van der Waals surface area contributed by atoms with E-state index in [1.54, 1.807) is 0 Å². The molecule has 0 aliphatic rings. The molecule has 1 amide bonds. The summed E-state index contributed by atoms with van der Waals surface area (Å²) >= 11 is 3.31. The van der Waals surface area contributed by atoms with Crippen LogP contribution in [0.2, 0.25) is 0 Å². The van der Waals surface area contributed by atoms with E-state index in [1.807, 2.05) is 0 Å². The Labute approximate surface area is 102 Å². The van der Waals surface area contributed by atoms with Gasteiger partial charge in [-0.05, 0) is 31.0 Å². The Morgan fingerprint density at radius 2 is 2.00 bits per heavy atom. The lowest BCUT2D eigenvalue weighted by Gasteiger charge is -2.05. The normalized spacial score (nSPS) is 10.1. The van der Waals surface area contributed by atoms with Crippen molar-refractivity contribution in [2.45, 2.75) is 12.8 Å². The van der Waals surface area contributed by atoms with E-state index in [9.17, 15) is 9.90 Å². The van der Waals surface area contributed by atoms with Gasteiger partial charge in [0.05, 0.1) is 0 Å². The van der Waals surface area contributed by atoms with Crippen LogP contribution in [0.4, 0.5) is 0 Å². The van der Waals surface area contributed by atoms with Gasteiger partial charge >= 0.3 is 0 Å². The summed E-state index contributed by atoms with van der Waals surface area (Å²) in [5.41, 5.74) is 0.342. The Morgan fingerprint density at radius 3 is 2.62 bits per heavy atom. The maximum absolute atomic E-state index is 11.6. The Bertz CT molecular complexity index is 368. The summed E-state index contributed by atoms with van der Waals surface area (Å²) in [5, 5.41) is 22.0. The summed E-state index contributed by atoms with van der Waals surface area (Å²) in [7, 11) is 0. The molecule has 0 bridgehead atoms. The Balaban J connectivity index is 2.50. The predicted octanol–water partition coefficient (Wildman–Crippen LogP) is 2.00. The largest absolute Gasteiger partial charge is 0.504 e. The van der Waals surface area contributed by atoms with Gasteiger partial charge in [0.2, 0.25) is 0 Å². The van der Waals surface area contributed by atoms with Crippen LogP contribution in [0.3, 0.4) is 0 Å². The number of hydrogen-bond donors (Lipinski definition) is 3. The lowest BCUT2D eigenvalue weighted by atomic mass is 10.2. The minimum absolute atomic E-state index is 0.226. The highest BCUT2D eigenvalue weighted by atomic mass is 79.9. The monoisotopic (exact) mass is 287 g/mol. The minimum atomic E-state index is -0.284. The highest BCUT2D eigenvalue weighted by Crippen LogP contribution is 2.24. The second-order valence-electron chi connectivity index (χ2n) is 3.36. The average molecular weight is 288 g/mol. The molecule has 0 heterocycles. The first-order valence-corrected chi connectivity index (χ1v) is 6.13. The number of halogens is 1. The van der Waals surface area contributed by atoms with Gasteiger partial charge < -0.3 is 15.5 Å². The molecule has 0 spiro atoms. The van der Waals surface area contributed by atoms with Crippen molar-refractivity contribution < 1.29 is 15.0 Å². The number of unbranched alkanes of at least 4 members (excludes halogenated alkanes) is 1. The second kappa shape index (κ2) is 6.37. The summed E-state index contributed by atoms with van der Waals surface area (Å²) in [4.78, 5) is 11.6. The average Bonchev–Trinajstić information content (AvgIpc) is 2.28. The maximum Gasteiger partial charge on any atom is 0.251 e. The molecule has 3 N–H and O–H groups in total. The standard InChI is InChI=1S/C11H14BrNO3/c12-5-1-2-6-13-11(16)8-3-4-9(14)10(15)7-8/h3-4,7,14-15H,1-2,5-6H2,(H,13,16). The van der Waals surface area contributed by atoms with Crippen molar-refractivity contribution >= 4 is 21.8 Å². The van der Waals surface area contributed by atoms with Crippen LogP contribution < -0.4 is 5.32 Å². The molecule has 0 aliphatic carbocycles. The summed E-state index contributed by atoms with van der Waals surface area (Å²) in [6.45, 7) is 0.603. The van der Waals surface area contributed by atoms with Gasteiger partial charge in [0, 0.05) is 17.4 Å². The van der Waals surface area contributed by atoms with Gasteiger partial charge in [0.1, 0.15) is 0 Å². The van der Waals surface area contributed by atoms with Gasteiger partial charge in [-0.1, -0.05) is 15.9 Å². The van der Waals surface area contributed by atoms with Crippen LogP contribution in [0, 0.1) is 0 Å². The highest BCUT2D eigenvalue weighted by molar-refractivity contribution is 9.09. The zero-order valence-corrected chi connectivity index (χ0v) is 10.3. The fourth-order valence-corrected chi connectivity index (χ4v) is 1.58. The molecule has 0 saturated heterocycles. The number of hydrogen-bond acceptors (Lipinski definition) is 3. The number of carbonyl (C=O) groups is 1. The molecule has 0 aliphatic heterocycles. The van der Waals surface area contributed by atoms with E-state index in [-0.39, 0.29) is 17.4 Å². The number of alkyl halides is 1. The molecule has 16 heavy (non-hydrogen) atoms. The molecule has 1 aromatic carbocycles. The van der Waals surface area contributed by atoms with Gasteiger partial charge in [0.25, 0.3) is 5.91 Å². The van der Waals surface area contributed by atoms with E-state index in [2.05, 4.69) is 21.2 Å². The first kappa shape index (κ1) is 12.8. The van der Waals surface area contributed by atoms with E-state index in [1.165, 1.54) is 18.2 Å². The molecule has 1 aromatic rings. The maximum atomic E-state index is 11.6. The first-order chi connectivity index (χ1) is 7.65. The van der Waals surface area contributed by atoms with Crippen molar-refractivity contribution in [3.05, 3.63) is 23.8 Å². The molecule has 0 saturated carbocycles. The third-order valence-electron chi connectivity index (χ3n) is 2.08. The van der Waals surface area contributed by atoms with E-state index in [0.717, 1.165) is 18.2 Å². The van der Waals surface area contributed by atoms with E-state index in [0.29, 0.717) is 12.1 Å². The van der Waals surface area contributed by atoms with Crippen molar-refractivity contribution in [3.63, 3.8) is 0 Å². The summed E-state index contributed by atoms with van der Waals surface area (Å²) in [5.74, 6) is -0.756. The van der Waals surface area contributed by atoms with Crippen LogP contribution >= 0.6 is 15.9 Å². The number of rotatable bonds is 5. The van der Waals surface area contributed by atoms with Crippen molar-refractivity contribution in [3.8, 4) is 11.5 Å². The summed E-state index contributed by atoms with van der Waals surface area (Å²) < 4.78 is 0. The third kappa shape index (κ3) is 3.73. The van der Waals surface area contributed by atoms with Crippen LogP contribution in [0.1, 0.15) is 23.2 Å². The van der Waals surface area contributed by atoms with E-state index < -0.39 is 0 Å². The molecular weight excluding hydrogens is 274 g/mol. The third-order valence-corrected chi connectivity index (χ3v) is 2.64. The molecule has 5 heteroatoms. The smallest absolute Gasteiger partial charge is 0.251 e. The number of nitrogens with one attached hydrogen (secondary N) is 1. The fourth-order valence-electron chi connectivity index (χ4n) is 1.19. The van der Waals surface area contributed by atoms with Crippen LogP contribution in [0.15, 0.2) is 18.2 Å². The zero-order chi connectivity index (χ0) is 12.0. The van der Waals surface area contributed by atoms with E-state index >= 15 is 0 Å². The quantitative estimate of drug-likeness (QED) is 0.441. The zero-order valence-electron chi connectivity index (χ0n) is 8.74. The second-order valence-corrected chi connectivity index (χ2v) is 4.15. The lowest BCUT2D eigenvalue weighted by molar-refractivity contribution is 0.0953. The number of aromatic hydroxyl groups is 2. The molecule has 0 radical (unpaired) electrons. The Hall–Kier alpha value is -1.23. The SMILES string of the molecule is O=C(NCCCCBr)c1ccc(O)c(O)c1. The van der Waals surface area contributed by atoms with Crippen LogP contribution in [-0.4, -0.2) is 28.0 Å². The van der Waals surface area contributed by atoms with Crippen LogP contribution in [-0.2, 0) is 0 Å². The van der Waals surface area contributed by atoms with Gasteiger partial charge in [-0.25, -0.2) is 0 Å². The lowest BCUT2D eigenvalue weighted by Crippen LogP contribution is -2.24. The molecule has 0 aromatic heterocycles. The summed E-state index contributed by atoms with van der Waals surface area (Å²) in [6, 6.07) is 4.01. The van der Waals surface area contributed by atoms with E-state index in [4.69, 9.17) is 5.11 Å². The molecule has 88 valence electrons. The predicted molar refractivity (Wildman–Crippen MR) is 65.1 cm³/mol. The molecule has 0 fully saturated rings. The molecule has 4 nitrogen and oxygen atoms in total. The molecule has 0 atom stereocenters. The molecule has 1 rings (SSSR count).